The van der Waals surface area contributed by atoms with Crippen molar-refractivity contribution in [2.45, 2.75) is 13.0 Å². The van der Waals surface area contributed by atoms with Gasteiger partial charge >= 0.3 is 0 Å². The standard InChI is InChI=1S/C13H12BrCl2NOS/c1-2-18-11-6-9(15)7(5-10(11)16)12(17)13-8(14)3-4-19-13/h3-6,12H,2,17H2,1H3. The first-order valence-corrected chi connectivity index (χ1v) is 8.07. The fourth-order valence-electron chi connectivity index (χ4n) is 1.72. The number of benzene rings is 1. The van der Waals surface area contributed by atoms with Crippen LogP contribution in [-0.2, 0) is 0 Å². The summed E-state index contributed by atoms with van der Waals surface area (Å²) in [5.74, 6) is 0.579. The molecule has 2 nitrogen and oxygen atoms in total. The van der Waals surface area contributed by atoms with Gasteiger partial charge in [-0.15, -0.1) is 11.3 Å². The Labute approximate surface area is 134 Å². The van der Waals surface area contributed by atoms with Gasteiger partial charge in [0.15, 0.2) is 0 Å². The molecule has 0 aliphatic carbocycles. The Bertz CT molecular complexity index is 588. The molecular weight excluding hydrogens is 369 g/mol. The van der Waals surface area contributed by atoms with E-state index in [0.29, 0.717) is 22.4 Å². The minimum atomic E-state index is -0.310. The van der Waals surface area contributed by atoms with Crippen LogP contribution >= 0.6 is 50.5 Å². The lowest BCUT2D eigenvalue weighted by Gasteiger charge is -2.15. The zero-order chi connectivity index (χ0) is 14.0. The molecule has 0 spiro atoms. The third-order valence-electron chi connectivity index (χ3n) is 2.61. The summed E-state index contributed by atoms with van der Waals surface area (Å²) in [6, 6.07) is 5.13. The second-order valence-electron chi connectivity index (χ2n) is 3.85. The van der Waals surface area contributed by atoms with Crippen molar-refractivity contribution in [3.8, 4) is 5.75 Å². The van der Waals surface area contributed by atoms with Crippen molar-refractivity contribution < 1.29 is 4.74 Å². The molecule has 2 rings (SSSR count). The third kappa shape index (κ3) is 3.26. The molecule has 0 saturated carbocycles. The molecule has 1 unspecified atom stereocenters. The highest BCUT2D eigenvalue weighted by molar-refractivity contribution is 9.10. The lowest BCUT2D eigenvalue weighted by Crippen LogP contribution is -2.11. The lowest BCUT2D eigenvalue weighted by atomic mass is 10.1. The van der Waals surface area contributed by atoms with E-state index in [1.165, 1.54) is 0 Å². The molecule has 1 atom stereocenters. The smallest absolute Gasteiger partial charge is 0.139 e. The molecule has 0 saturated heterocycles. The van der Waals surface area contributed by atoms with Crippen LogP contribution in [0.1, 0.15) is 23.4 Å². The van der Waals surface area contributed by atoms with Crippen LogP contribution in [-0.4, -0.2) is 6.61 Å². The fraction of sp³-hybridized carbons (Fsp3) is 0.231. The summed E-state index contributed by atoms with van der Waals surface area (Å²) in [5.41, 5.74) is 7.04. The molecule has 2 aromatic rings. The highest BCUT2D eigenvalue weighted by Crippen LogP contribution is 2.38. The van der Waals surface area contributed by atoms with Crippen molar-refractivity contribution >= 4 is 50.5 Å². The second kappa shape index (κ2) is 6.46. The molecule has 0 bridgehead atoms. The first kappa shape index (κ1) is 15.1. The minimum Gasteiger partial charge on any atom is -0.492 e. The first-order valence-electron chi connectivity index (χ1n) is 5.64. The van der Waals surface area contributed by atoms with Crippen LogP contribution in [0.3, 0.4) is 0 Å². The van der Waals surface area contributed by atoms with Gasteiger partial charge in [0.1, 0.15) is 5.75 Å². The van der Waals surface area contributed by atoms with Gasteiger partial charge in [-0.05, 0) is 45.9 Å². The van der Waals surface area contributed by atoms with E-state index in [0.717, 1.165) is 14.9 Å². The van der Waals surface area contributed by atoms with E-state index in [4.69, 9.17) is 33.7 Å². The van der Waals surface area contributed by atoms with Crippen LogP contribution in [0.4, 0.5) is 0 Å². The highest BCUT2D eigenvalue weighted by Gasteiger charge is 2.18. The van der Waals surface area contributed by atoms with E-state index in [1.807, 2.05) is 18.4 Å². The number of hydrogen-bond donors (Lipinski definition) is 1. The molecule has 102 valence electrons. The average Bonchev–Trinajstić information content (AvgIpc) is 2.79. The quantitative estimate of drug-likeness (QED) is 0.784. The van der Waals surface area contributed by atoms with Gasteiger partial charge in [0.05, 0.1) is 17.7 Å². The van der Waals surface area contributed by atoms with E-state index in [-0.39, 0.29) is 6.04 Å². The Morgan fingerprint density at radius 1 is 1.37 bits per heavy atom. The monoisotopic (exact) mass is 379 g/mol. The van der Waals surface area contributed by atoms with Crippen LogP contribution in [0.25, 0.3) is 0 Å². The van der Waals surface area contributed by atoms with Gasteiger partial charge in [-0.25, -0.2) is 0 Å². The maximum absolute atomic E-state index is 6.27. The number of ether oxygens (including phenoxy) is 1. The van der Waals surface area contributed by atoms with Crippen molar-refractivity contribution in [1.29, 1.82) is 0 Å². The van der Waals surface area contributed by atoms with Crippen LogP contribution in [0.2, 0.25) is 10.0 Å². The molecule has 0 aliphatic rings. The molecule has 0 aliphatic heterocycles. The Morgan fingerprint density at radius 3 is 2.68 bits per heavy atom. The van der Waals surface area contributed by atoms with Crippen molar-refractivity contribution in [3.63, 3.8) is 0 Å². The molecule has 0 amide bonds. The molecular formula is C13H12BrCl2NOS. The Morgan fingerprint density at radius 2 is 2.11 bits per heavy atom. The molecule has 1 heterocycles. The summed E-state index contributed by atoms with van der Waals surface area (Å²) in [6.45, 7) is 2.44. The van der Waals surface area contributed by atoms with Crippen LogP contribution in [0.15, 0.2) is 28.1 Å². The largest absolute Gasteiger partial charge is 0.492 e. The third-order valence-corrected chi connectivity index (χ3v) is 5.19. The molecule has 6 heteroatoms. The van der Waals surface area contributed by atoms with Crippen LogP contribution < -0.4 is 10.5 Å². The lowest BCUT2D eigenvalue weighted by molar-refractivity contribution is 0.340. The van der Waals surface area contributed by atoms with Gasteiger partial charge in [-0.3, -0.25) is 0 Å². The maximum Gasteiger partial charge on any atom is 0.139 e. The molecule has 0 radical (unpaired) electrons. The van der Waals surface area contributed by atoms with E-state index < -0.39 is 0 Å². The van der Waals surface area contributed by atoms with E-state index >= 15 is 0 Å². The fourth-order valence-corrected chi connectivity index (χ4v) is 3.85. The number of rotatable bonds is 4. The molecule has 1 aromatic heterocycles. The summed E-state index contributed by atoms with van der Waals surface area (Å²) >= 11 is 17.5. The average molecular weight is 381 g/mol. The van der Waals surface area contributed by atoms with Crippen molar-refractivity contribution in [2.24, 2.45) is 5.73 Å². The molecule has 0 fully saturated rings. The summed E-state index contributed by atoms with van der Waals surface area (Å²) in [4.78, 5) is 1.02. The number of halogens is 3. The van der Waals surface area contributed by atoms with Gasteiger partial charge in [-0.1, -0.05) is 23.2 Å². The minimum absolute atomic E-state index is 0.310. The predicted molar refractivity (Wildman–Crippen MR) is 85.7 cm³/mol. The summed E-state index contributed by atoms with van der Waals surface area (Å²) in [5, 5.41) is 3.05. The highest BCUT2D eigenvalue weighted by atomic mass is 79.9. The predicted octanol–water partition coefficient (Wildman–Crippen LogP) is 5.26. The first-order chi connectivity index (χ1) is 9.04. The van der Waals surface area contributed by atoms with E-state index in [1.54, 1.807) is 23.5 Å². The topological polar surface area (TPSA) is 35.2 Å². The van der Waals surface area contributed by atoms with Gasteiger partial charge in [0.2, 0.25) is 0 Å². The zero-order valence-corrected chi connectivity index (χ0v) is 14.0. The van der Waals surface area contributed by atoms with Gasteiger partial charge in [0.25, 0.3) is 0 Å². The van der Waals surface area contributed by atoms with E-state index in [9.17, 15) is 0 Å². The summed E-state index contributed by atoms with van der Waals surface area (Å²) in [7, 11) is 0. The summed E-state index contributed by atoms with van der Waals surface area (Å²) in [6.07, 6.45) is 0. The van der Waals surface area contributed by atoms with Crippen molar-refractivity contribution in [1.82, 2.24) is 0 Å². The van der Waals surface area contributed by atoms with Crippen molar-refractivity contribution in [2.75, 3.05) is 6.61 Å². The van der Waals surface area contributed by atoms with E-state index in [2.05, 4.69) is 15.9 Å². The van der Waals surface area contributed by atoms with Crippen LogP contribution in [0.5, 0.6) is 5.75 Å². The maximum atomic E-state index is 6.27. The number of nitrogens with two attached hydrogens (primary N) is 1. The SMILES string of the molecule is CCOc1cc(Cl)c(C(N)c2sccc2Br)cc1Cl. The molecule has 1 aromatic carbocycles. The Balaban J connectivity index is 2.40. The summed E-state index contributed by atoms with van der Waals surface area (Å²) < 4.78 is 6.38. The molecule has 2 N–H and O–H groups in total. The zero-order valence-electron chi connectivity index (χ0n) is 10.1. The second-order valence-corrected chi connectivity index (χ2v) is 6.46. The number of thiophene rings is 1. The Hall–Kier alpha value is -0.260. The molecule has 19 heavy (non-hydrogen) atoms. The van der Waals surface area contributed by atoms with Gasteiger partial charge < -0.3 is 10.5 Å². The normalized spacial score (nSPS) is 12.5. The Kier molecular flexibility index (Phi) is 5.15. The van der Waals surface area contributed by atoms with Gasteiger partial charge in [0, 0.05) is 20.4 Å². The number of hydrogen-bond acceptors (Lipinski definition) is 3. The van der Waals surface area contributed by atoms with Gasteiger partial charge in [-0.2, -0.15) is 0 Å². The van der Waals surface area contributed by atoms with Crippen LogP contribution in [0, 0.1) is 0 Å². The van der Waals surface area contributed by atoms with Crippen molar-refractivity contribution in [3.05, 3.63) is 48.5 Å².